The summed E-state index contributed by atoms with van der Waals surface area (Å²) >= 11 is 0. The molecule has 1 N–H and O–H groups in total. The van der Waals surface area contributed by atoms with Crippen molar-refractivity contribution >= 4 is 5.69 Å². The van der Waals surface area contributed by atoms with Crippen LogP contribution in [0.25, 0.3) is 22.5 Å². The summed E-state index contributed by atoms with van der Waals surface area (Å²) in [6.07, 6.45) is 3.62. The van der Waals surface area contributed by atoms with Gasteiger partial charge in [-0.15, -0.1) is 58.7 Å². The SMILES string of the molecule is CCN(CC)c1ccnc(-c2[c-]cc(C)cc2OC)c1.Cc1ccnc(-c2[c-]cc(C)cc2CO)c1.[Pt+2]. The molecule has 2 aromatic heterocycles. The van der Waals surface area contributed by atoms with Gasteiger partial charge in [0.05, 0.1) is 7.11 Å². The van der Waals surface area contributed by atoms with E-state index in [0.29, 0.717) is 0 Å². The zero-order valence-corrected chi connectivity index (χ0v) is 24.7. The number of benzene rings is 2. The number of aromatic nitrogens is 2. The summed E-state index contributed by atoms with van der Waals surface area (Å²) in [7, 11) is 1.68. The molecule has 0 saturated carbocycles. The number of hydrogen-bond donors (Lipinski definition) is 1. The van der Waals surface area contributed by atoms with E-state index in [4.69, 9.17) is 4.74 Å². The average molecular weight is 677 g/mol. The largest absolute Gasteiger partial charge is 2.00 e. The van der Waals surface area contributed by atoms with Gasteiger partial charge in [-0.25, -0.2) is 0 Å². The summed E-state index contributed by atoms with van der Waals surface area (Å²) in [4.78, 5) is 11.1. The van der Waals surface area contributed by atoms with Crippen LogP contribution in [0.1, 0.15) is 36.1 Å². The number of aliphatic hydroxyl groups is 1. The maximum atomic E-state index is 9.33. The fourth-order valence-corrected chi connectivity index (χ4v) is 3.98. The summed E-state index contributed by atoms with van der Waals surface area (Å²) in [6.45, 7) is 12.3. The van der Waals surface area contributed by atoms with Crippen molar-refractivity contribution in [3.05, 3.63) is 95.3 Å². The Hall–Kier alpha value is -3.01. The van der Waals surface area contributed by atoms with Gasteiger partial charge in [0.15, 0.2) is 0 Å². The molecule has 2 heterocycles. The molecule has 0 saturated heterocycles. The predicted octanol–water partition coefficient (Wildman–Crippen LogP) is 6.37. The van der Waals surface area contributed by atoms with Crippen LogP contribution in [0.3, 0.4) is 0 Å². The molecular weight excluding hydrogens is 641 g/mol. The van der Waals surface area contributed by atoms with Crippen LogP contribution in [0.5, 0.6) is 5.75 Å². The molecule has 0 aliphatic carbocycles. The molecule has 6 heteroatoms. The van der Waals surface area contributed by atoms with Crippen LogP contribution < -0.4 is 9.64 Å². The average Bonchev–Trinajstić information content (AvgIpc) is 2.89. The first-order chi connectivity index (χ1) is 17.4. The maximum absolute atomic E-state index is 9.33. The molecule has 196 valence electrons. The van der Waals surface area contributed by atoms with Crippen molar-refractivity contribution in [3.8, 4) is 28.3 Å². The fourth-order valence-electron chi connectivity index (χ4n) is 3.98. The van der Waals surface area contributed by atoms with Gasteiger partial charge in [0.25, 0.3) is 0 Å². The van der Waals surface area contributed by atoms with Crippen LogP contribution in [-0.2, 0) is 27.7 Å². The first-order valence-corrected chi connectivity index (χ1v) is 12.2. The monoisotopic (exact) mass is 676 g/mol. The van der Waals surface area contributed by atoms with Crippen LogP contribution in [-0.4, -0.2) is 35.3 Å². The third-order valence-electron chi connectivity index (χ3n) is 5.91. The second-order valence-electron chi connectivity index (χ2n) is 8.65. The van der Waals surface area contributed by atoms with Crippen molar-refractivity contribution in [1.82, 2.24) is 9.97 Å². The number of hydrogen-bond acceptors (Lipinski definition) is 5. The van der Waals surface area contributed by atoms with Gasteiger partial charge in [-0.3, -0.25) is 0 Å². The van der Waals surface area contributed by atoms with Crippen molar-refractivity contribution in [2.24, 2.45) is 0 Å². The number of aryl methyl sites for hydroxylation is 3. The summed E-state index contributed by atoms with van der Waals surface area (Å²) in [5, 5.41) is 9.33. The normalized spacial score (nSPS) is 10.1. The number of pyridine rings is 2. The first kappa shape index (κ1) is 30.2. The maximum Gasteiger partial charge on any atom is 2.00 e. The molecule has 0 fully saturated rings. The van der Waals surface area contributed by atoms with Crippen LogP contribution in [0.2, 0.25) is 0 Å². The number of anilines is 1. The first-order valence-electron chi connectivity index (χ1n) is 12.2. The van der Waals surface area contributed by atoms with E-state index in [1.54, 1.807) is 13.3 Å². The Morgan fingerprint density at radius 1 is 0.811 bits per heavy atom. The number of aliphatic hydroxyl groups excluding tert-OH is 1. The Bertz CT molecular complexity index is 1290. The minimum absolute atomic E-state index is 0. The third-order valence-corrected chi connectivity index (χ3v) is 5.91. The molecule has 4 rings (SSSR count). The number of ether oxygens (including phenoxy) is 1. The summed E-state index contributed by atoms with van der Waals surface area (Å²) in [6, 6.07) is 22.4. The molecule has 0 aliphatic heterocycles. The minimum Gasteiger partial charge on any atom is -0.540 e. The van der Waals surface area contributed by atoms with E-state index in [-0.39, 0.29) is 27.7 Å². The van der Waals surface area contributed by atoms with Crippen molar-refractivity contribution in [2.75, 3.05) is 25.1 Å². The molecule has 0 radical (unpaired) electrons. The van der Waals surface area contributed by atoms with Crippen LogP contribution in [0.15, 0.2) is 60.9 Å². The van der Waals surface area contributed by atoms with E-state index in [1.807, 2.05) is 69.4 Å². The van der Waals surface area contributed by atoms with E-state index in [1.165, 1.54) is 5.69 Å². The van der Waals surface area contributed by atoms with Gasteiger partial charge >= 0.3 is 21.1 Å². The van der Waals surface area contributed by atoms with E-state index >= 15 is 0 Å². The van der Waals surface area contributed by atoms with Crippen molar-refractivity contribution in [1.29, 1.82) is 0 Å². The van der Waals surface area contributed by atoms with Crippen molar-refractivity contribution in [3.63, 3.8) is 0 Å². The molecular formula is C31H35N3O2Pt. The molecule has 0 bridgehead atoms. The van der Waals surface area contributed by atoms with E-state index in [9.17, 15) is 5.11 Å². The van der Waals surface area contributed by atoms with Crippen LogP contribution in [0.4, 0.5) is 5.69 Å². The predicted molar refractivity (Wildman–Crippen MR) is 147 cm³/mol. The van der Waals surface area contributed by atoms with Crippen LogP contribution in [0, 0.1) is 32.9 Å². The van der Waals surface area contributed by atoms with Gasteiger partial charge in [0.1, 0.15) is 0 Å². The summed E-state index contributed by atoms with van der Waals surface area (Å²) in [5.41, 5.74) is 8.99. The topological polar surface area (TPSA) is 58.5 Å². The molecule has 0 atom stereocenters. The zero-order chi connectivity index (χ0) is 26.1. The van der Waals surface area contributed by atoms with Crippen molar-refractivity contribution in [2.45, 2.75) is 41.2 Å². The molecule has 2 aromatic carbocycles. The van der Waals surface area contributed by atoms with Crippen LogP contribution >= 0.6 is 0 Å². The van der Waals surface area contributed by atoms with E-state index < -0.39 is 0 Å². The summed E-state index contributed by atoms with van der Waals surface area (Å²) in [5.74, 6) is 0.814. The third kappa shape index (κ3) is 7.98. The number of nitrogens with zero attached hydrogens (tertiary/aromatic N) is 3. The molecule has 0 spiro atoms. The molecule has 37 heavy (non-hydrogen) atoms. The Morgan fingerprint density at radius 3 is 2.00 bits per heavy atom. The number of methoxy groups -OCH3 is 1. The fraction of sp³-hybridized carbons (Fsp3) is 0.290. The van der Waals surface area contributed by atoms with Gasteiger partial charge in [-0.05, 0) is 44.3 Å². The summed E-state index contributed by atoms with van der Waals surface area (Å²) < 4.78 is 5.45. The number of rotatable bonds is 7. The molecule has 0 unspecified atom stereocenters. The second kappa shape index (κ2) is 14.7. The Balaban J connectivity index is 0.000000259. The Morgan fingerprint density at radius 2 is 1.41 bits per heavy atom. The van der Waals surface area contributed by atoms with Gasteiger partial charge in [0, 0.05) is 43.5 Å². The minimum atomic E-state index is 0. The molecule has 0 amide bonds. The molecule has 0 aliphatic rings. The molecule has 5 nitrogen and oxygen atoms in total. The Labute approximate surface area is 235 Å². The standard InChI is InChI=1S/C17H21N2O.C14H14NO.Pt/c1-5-19(6-2)14-9-10-18-16(12-14)15-8-7-13(3)11-17(15)20-4;1-10-3-4-13(12(7-10)9-16)14-8-11(2)5-6-15-14;/h7,9-12H,5-6H2,1-4H3;3,5-8,16H,9H2,1-2H3;/q2*-1;+2. The van der Waals surface area contributed by atoms with Crippen molar-refractivity contribution < 1.29 is 30.9 Å². The van der Waals surface area contributed by atoms with E-state index in [2.05, 4.69) is 46.9 Å². The Kier molecular flexibility index (Phi) is 12.0. The smallest absolute Gasteiger partial charge is 0.540 e. The van der Waals surface area contributed by atoms with E-state index in [0.717, 1.165) is 63.6 Å². The van der Waals surface area contributed by atoms with Gasteiger partial charge in [-0.1, -0.05) is 37.1 Å². The quantitative estimate of drug-likeness (QED) is 0.231. The van der Waals surface area contributed by atoms with Gasteiger partial charge < -0.3 is 24.7 Å². The molecule has 4 aromatic rings. The van der Waals surface area contributed by atoms with Gasteiger partial charge in [0.2, 0.25) is 0 Å². The van der Waals surface area contributed by atoms with Gasteiger partial charge in [-0.2, -0.15) is 0 Å². The second-order valence-corrected chi connectivity index (χ2v) is 8.65. The zero-order valence-electron chi connectivity index (χ0n) is 22.4.